The molecular weight excluding hydrogens is 265 g/mol. The highest BCUT2D eigenvalue weighted by Gasteiger charge is 2.24. The molecule has 1 aromatic carbocycles. The van der Waals surface area contributed by atoms with Crippen LogP contribution in [0.5, 0.6) is 11.6 Å². The number of aromatic nitrogens is 2. The summed E-state index contributed by atoms with van der Waals surface area (Å²) in [6.45, 7) is 0. The SMILES string of the molecule is O=[N+]([O-])c1c(Cl)ncnc1Oc1ccccc1F. The smallest absolute Gasteiger partial charge is 0.368 e. The van der Waals surface area contributed by atoms with Gasteiger partial charge in [-0.3, -0.25) is 10.1 Å². The predicted octanol–water partition coefficient (Wildman–Crippen LogP) is 2.97. The Morgan fingerprint density at radius 2 is 2.06 bits per heavy atom. The third-order valence-corrected chi connectivity index (χ3v) is 2.25. The van der Waals surface area contributed by atoms with E-state index in [2.05, 4.69) is 9.97 Å². The Hall–Kier alpha value is -2.28. The minimum atomic E-state index is -0.793. The van der Waals surface area contributed by atoms with Gasteiger partial charge in [0.2, 0.25) is 5.15 Å². The van der Waals surface area contributed by atoms with Crippen molar-refractivity contribution in [3.63, 3.8) is 0 Å². The molecule has 0 aliphatic heterocycles. The zero-order chi connectivity index (χ0) is 13.1. The van der Waals surface area contributed by atoms with Crippen molar-refractivity contribution in [3.05, 3.63) is 51.7 Å². The molecule has 0 amide bonds. The van der Waals surface area contributed by atoms with E-state index in [1.165, 1.54) is 18.2 Å². The first-order valence-electron chi connectivity index (χ1n) is 4.67. The quantitative estimate of drug-likeness (QED) is 0.486. The van der Waals surface area contributed by atoms with Crippen LogP contribution in [0.4, 0.5) is 10.1 Å². The molecule has 1 heterocycles. The molecule has 18 heavy (non-hydrogen) atoms. The van der Waals surface area contributed by atoms with Crippen LogP contribution < -0.4 is 4.74 Å². The molecule has 0 bridgehead atoms. The summed E-state index contributed by atoms with van der Waals surface area (Å²) in [6, 6.07) is 5.45. The summed E-state index contributed by atoms with van der Waals surface area (Å²) in [4.78, 5) is 17.0. The zero-order valence-corrected chi connectivity index (χ0v) is 9.46. The van der Waals surface area contributed by atoms with Crippen molar-refractivity contribution in [3.8, 4) is 11.6 Å². The fourth-order valence-electron chi connectivity index (χ4n) is 1.20. The van der Waals surface area contributed by atoms with Gasteiger partial charge in [-0.1, -0.05) is 23.7 Å². The Kier molecular flexibility index (Phi) is 3.33. The molecule has 0 aliphatic rings. The lowest BCUT2D eigenvalue weighted by Crippen LogP contribution is -1.99. The van der Waals surface area contributed by atoms with Crippen LogP contribution in [0.15, 0.2) is 30.6 Å². The van der Waals surface area contributed by atoms with E-state index in [9.17, 15) is 14.5 Å². The summed E-state index contributed by atoms with van der Waals surface area (Å²) in [6.07, 6.45) is 0.992. The molecule has 8 heteroatoms. The summed E-state index contributed by atoms with van der Waals surface area (Å²) in [5.74, 6) is -1.26. The molecule has 0 N–H and O–H groups in total. The predicted molar refractivity (Wildman–Crippen MR) is 60.2 cm³/mol. The second-order valence-corrected chi connectivity index (χ2v) is 3.47. The number of nitrogens with zero attached hydrogens (tertiary/aromatic N) is 3. The normalized spacial score (nSPS) is 10.1. The van der Waals surface area contributed by atoms with Gasteiger partial charge < -0.3 is 4.74 Å². The van der Waals surface area contributed by atoms with Crippen LogP contribution in [0.3, 0.4) is 0 Å². The minimum absolute atomic E-state index is 0.185. The van der Waals surface area contributed by atoms with Crippen molar-refractivity contribution in [2.75, 3.05) is 0 Å². The lowest BCUT2D eigenvalue weighted by atomic mass is 10.3. The van der Waals surface area contributed by atoms with Gasteiger partial charge in [-0.15, -0.1) is 0 Å². The van der Waals surface area contributed by atoms with Crippen LogP contribution in [0.2, 0.25) is 5.15 Å². The summed E-state index contributed by atoms with van der Waals surface area (Å²) >= 11 is 5.56. The maximum absolute atomic E-state index is 13.3. The average Bonchev–Trinajstić information content (AvgIpc) is 2.31. The second-order valence-electron chi connectivity index (χ2n) is 3.11. The Labute approximate surface area is 105 Å². The largest absolute Gasteiger partial charge is 0.430 e. The van der Waals surface area contributed by atoms with Gasteiger partial charge in [0.15, 0.2) is 11.6 Å². The first kappa shape index (κ1) is 12.2. The van der Waals surface area contributed by atoms with E-state index in [4.69, 9.17) is 16.3 Å². The summed E-state index contributed by atoms with van der Waals surface area (Å²) in [5.41, 5.74) is -0.609. The van der Waals surface area contributed by atoms with Gasteiger partial charge in [-0.25, -0.2) is 9.37 Å². The molecule has 0 saturated heterocycles. The van der Waals surface area contributed by atoms with Crippen LogP contribution in [0.25, 0.3) is 0 Å². The van der Waals surface area contributed by atoms with Crippen LogP contribution in [-0.2, 0) is 0 Å². The van der Waals surface area contributed by atoms with E-state index in [1.807, 2.05) is 0 Å². The van der Waals surface area contributed by atoms with E-state index >= 15 is 0 Å². The first-order valence-corrected chi connectivity index (χ1v) is 5.04. The third-order valence-electron chi connectivity index (χ3n) is 1.97. The maximum atomic E-state index is 13.3. The second kappa shape index (κ2) is 4.92. The third kappa shape index (κ3) is 2.35. The average molecular weight is 270 g/mol. The highest BCUT2D eigenvalue weighted by atomic mass is 35.5. The van der Waals surface area contributed by atoms with Gasteiger partial charge in [-0.2, -0.15) is 4.98 Å². The van der Waals surface area contributed by atoms with E-state index in [0.717, 1.165) is 12.4 Å². The van der Waals surface area contributed by atoms with Gasteiger partial charge >= 0.3 is 11.6 Å². The van der Waals surface area contributed by atoms with Crippen molar-refractivity contribution >= 4 is 17.3 Å². The van der Waals surface area contributed by atoms with Crippen LogP contribution in [-0.4, -0.2) is 14.9 Å². The molecule has 92 valence electrons. The van der Waals surface area contributed by atoms with Crippen LogP contribution >= 0.6 is 11.6 Å². The summed E-state index contributed by atoms with van der Waals surface area (Å²) in [7, 11) is 0. The molecule has 0 radical (unpaired) electrons. The highest BCUT2D eigenvalue weighted by Crippen LogP contribution is 2.34. The molecule has 0 unspecified atom stereocenters. The van der Waals surface area contributed by atoms with Crippen LogP contribution in [0.1, 0.15) is 0 Å². The maximum Gasteiger partial charge on any atom is 0.368 e. The number of rotatable bonds is 3. The van der Waals surface area contributed by atoms with Crippen molar-refractivity contribution in [2.45, 2.75) is 0 Å². The van der Waals surface area contributed by atoms with E-state index in [0.29, 0.717) is 0 Å². The fraction of sp³-hybridized carbons (Fsp3) is 0. The number of nitro groups is 1. The molecule has 2 aromatic rings. The number of benzene rings is 1. The molecule has 0 spiro atoms. The van der Waals surface area contributed by atoms with Gasteiger partial charge in [0.25, 0.3) is 0 Å². The monoisotopic (exact) mass is 269 g/mol. The Morgan fingerprint density at radius 1 is 1.33 bits per heavy atom. The molecule has 1 aromatic heterocycles. The molecule has 2 rings (SSSR count). The minimum Gasteiger partial charge on any atom is -0.430 e. The van der Waals surface area contributed by atoms with Gasteiger partial charge in [-0.05, 0) is 12.1 Å². The topological polar surface area (TPSA) is 78.2 Å². The van der Waals surface area contributed by atoms with Gasteiger partial charge in [0.05, 0.1) is 4.92 Å². The summed E-state index contributed by atoms with van der Waals surface area (Å²) in [5, 5.41) is 10.4. The van der Waals surface area contributed by atoms with Gasteiger partial charge in [0.1, 0.15) is 6.33 Å². The van der Waals surface area contributed by atoms with Crippen molar-refractivity contribution in [2.24, 2.45) is 0 Å². The summed E-state index contributed by atoms with van der Waals surface area (Å²) < 4.78 is 18.4. The Balaban J connectivity index is 2.44. The molecule has 0 fully saturated rings. The van der Waals surface area contributed by atoms with Crippen LogP contribution in [0, 0.1) is 15.9 Å². The van der Waals surface area contributed by atoms with Gasteiger partial charge in [0, 0.05) is 0 Å². The lowest BCUT2D eigenvalue weighted by Gasteiger charge is -2.05. The van der Waals surface area contributed by atoms with Crippen molar-refractivity contribution in [1.29, 1.82) is 0 Å². The van der Waals surface area contributed by atoms with E-state index < -0.39 is 22.3 Å². The van der Waals surface area contributed by atoms with E-state index in [1.54, 1.807) is 0 Å². The number of halogens is 2. The fourth-order valence-corrected chi connectivity index (χ4v) is 1.40. The lowest BCUT2D eigenvalue weighted by molar-refractivity contribution is -0.386. The molecule has 0 atom stereocenters. The molecule has 6 nitrogen and oxygen atoms in total. The highest BCUT2D eigenvalue weighted by molar-refractivity contribution is 6.31. The number of para-hydroxylation sites is 1. The molecular formula is C10H5ClFN3O3. The Bertz CT molecular complexity index is 609. The van der Waals surface area contributed by atoms with Crippen molar-refractivity contribution in [1.82, 2.24) is 9.97 Å². The molecule has 0 aliphatic carbocycles. The Morgan fingerprint density at radius 3 is 2.72 bits per heavy atom. The number of hydrogen-bond acceptors (Lipinski definition) is 5. The first-order chi connectivity index (χ1) is 8.59. The molecule has 0 saturated carbocycles. The zero-order valence-electron chi connectivity index (χ0n) is 8.71. The standard InChI is InChI=1S/C10H5ClFN3O3/c11-9-8(15(16)17)10(14-5-13-9)18-7-4-2-1-3-6(7)12/h1-5H. The number of hydrogen-bond donors (Lipinski definition) is 0. The van der Waals surface area contributed by atoms with E-state index in [-0.39, 0.29) is 10.9 Å². The van der Waals surface area contributed by atoms with Crippen molar-refractivity contribution < 1.29 is 14.1 Å². The number of ether oxygens (including phenoxy) is 1.